The first-order chi connectivity index (χ1) is 7.04. The molecule has 2 nitrogen and oxygen atoms in total. The van der Waals surface area contributed by atoms with Crippen molar-refractivity contribution >= 4 is 22.9 Å². The lowest BCUT2D eigenvalue weighted by atomic mass is 10.2. The van der Waals surface area contributed by atoms with E-state index < -0.39 is 10.2 Å². The highest BCUT2D eigenvalue weighted by Gasteiger charge is 2.09. The molecule has 0 bridgehead atoms. The minimum absolute atomic E-state index is 0.345. The first-order valence-corrected chi connectivity index (χ1v) is 6.20. The Labute approximate surface area is 94.1 Å². The summed E-state index contributed by atoms with van der Waals surface area (Å²) in [6.45, 7) is 0. The molecule has 5 heteroatoms. The molecule has 0 aliphatic rings. The van der Waals surface area contributed by atoms with Crippen molar-refractivity contribution in [1.29, 1.82) is 0 Å². The van der Waals surface area contributed by atoms with Crippen LogP contribution in [0.4, 0.5) is 3.89 Å². The topological polar surface area (TPSA) is 34.1 Å². The van der Waals surface area contributed by atoms with Crippen LogP contribution in [0.5, 0.6) is 0 Å². The van der Waals surface area contributed by atoms with Crippen molar-refractivity contribution in [2.45, 2.75) is 11.3 Å². The van der Waals surface area contributed by atoms with E-state index in [2.05, 4.69) is 24.5 Å². The normalized spacial score (nSPS) is 10.5. The van der Waals surface area contributed by atoms with Crippen LogP contribution in [0.2, 0.25) is 0 Å². The fraction of sp³-hybridized carbons (Fsp3) is 0.200. The Morgan fingerprint density at radius 3 is 2.33 bits per heavy atom. The second-order valence-corrected chi connectivity index (χ2v) is 4.53. The van der Waals surface area contributed by atoms with E-state index in [0.29, 0.717) is 17.7 Å². The number of hydrogen-bond donors (Lipinski definition) is 1. The SMILES string of the molecule is O=S(=O)(F)c1ccc(C#CCCS)cc1. The third-order valence-electron chi connectivity index (χ3n) is 1.61. The van der Waals surface area contributed by atoms with E-state index in [-0.39, 0.29) is 4.90 Å². The molecule has 0 atom stereocenters. The Morgan fingerprint density at radius 1 is 1.27 bits per heavy atom. The van der Waals surface area contributed by atoms with E-state index in [1.807, 2.05) is 0 Å². The van der Waals surface area contributed by atoms with Crippen molar-refractivity contribution in [3.8, 4) is 11.8 Å². The van der Waals surface area contributed by atoms with Crippen LogP contribution in [0, 0.1) is 11.8 Å². The van der Waals surface area contributed by atoms with Gasteiger partial charge in [0.1, 0.15) is 0 Å². The number of hydrogen-bond acceptors (Lipinski definition) is 3. The van der Waals surface area contributed by atoms with Crippen LogP contribution in [0.25, 0.3) is 0 Å². The summed E-state index contributed by atoms with van der Waals surface area (Å²) in [4.78, 5) is -0.345. The highest BCUT2D eigenvalue weighted by Crippen LogP contribution is 2.12. The fourth-order valence-electron chi connectivity index (χ4n) is 0.921. The number of thiol groups is 1. The van der Waals surface area contributed by atoms with E-state index in [4.69, 9.17) is 0 Å². The standard InChI is InChI=1S/C10H9FO2S2/c11-15(12,13)10-6-4-9(5-7-10)3-1-2-8-14/h4-7,14H,2,8H2. The predicted octanol–water partition coefficient (Wildman–Crippen LogP) is 2.02. The Kier molecular flexibility index (Phi) is 4.18. The van der Waals surface area contributed by atoms with Crippen molar-refractivity contribution < 1.29 is 12.3 Å². The van der Waals surface area contributed by atoms with Gasteiger partial charge in [-0.1, -0.05) is 11.8 Å². The van der Waals surface area contributed by atoms with Crippen molar-refractivity contribution in [3.63, 3.8) is 0 Å². The van der Waals surface area contributed by atoms with Crippen LogP contribution >= 0.6 is 12.6 Å². The summed E-state index contributed by atoms with van der Waals surface area (Å²) in [5, 5.41) is 0. The molecule has 1 rings (SSSR count). The summed E-state index contributed by atoms with van der Waals surface area (Å²) < 4.78 is 33.5. The average molecular weight is 244 g/mol. The number of rotatable bonds is 2. The molecule has 15 heavy (non-hydrogen) atoms. The van der Waals surface area contributed by atoms with Crippen molar-refractivity contribution in [1.82, 2.24) is 0 Å². The van der Waals surface area contributed by atoms with Gasteiger partial charge >= 0.3 is 10.2 Å². The molecule has 0 spiro atoms. The number of halogens is 1. The Hall–Kier alpha value is -0.990. The van der Waals surface area contributed by atoms with Gasteiger partial charge in [0.05, 0.1) is 4.90 Å². The molecule has 0 unspecified atom stereocenters. The molecule has 0 aliphatic heterocycles. The van der Waals surface area contributed by atoms with E-state index >= 15 is 0 Å². The minimum Gasteiger partial charge on any atom is -0.189 e. The van der Waals surface area contributed by atoms with E-state index in [1.54, 1.807) is 0 Å². The van der Waals surface area contributed by atoms with E-state index in [9.17, 15) is 12.3 Å². The lowest BCUT2D eigenvalue weighted by Gasteiger charge is -1.94. The molecule has 0 fully saturated rings. The third kappa shape index (κ3) is 3.94. The predicted molar refractivity (Wildman–Crippen MR) is 60.1 cm³/mol. The summed E-state index contributed by atoms with van der Waals surface area (Å²) in [5.74, 6) is 6.32. The van der Waals surface area contributed by atoms with Crippen LogP contribution in [0.15, 0.2) is 29.2 Å². The largest absolute Gasteiger partial charge is 0.332 e. The molecule has 1 aromatic rings. The minimum atomic E-state index is -4.61. The first kappa shape index (κ1) is 12.1. The van der Waals surface area contributed by atoms with Gasteiger partial charge in [0.25, 0.3) is 0 Å². The maximum Gasteiger partial charge on any atom is 0.332 e. The Balaban J connectivity index is 2.88. The Bertz CT molecular complexity index is 480. The van der Waals surface area contributed by atoms with Gasteiger partial charge in [-0.3, -0.25) is 0 Å². The van der Waals surface area contributed by atoms with Crippen LogP contribution in [-0.2, 0) is 10.2 Å². The second-order valence-electron chi connectivity index (χ2n) is 2.74. The summed E-state index contributed by atoms with van der Waals surface area (Å²) >= 11 is 3.99. The summed E-state index contributed by atoms with van der Waals surface area (Å²) in [7, 11) is -4.61. The molecule has 0 radical (unpaired) electrons. The van der Waals surface area contributed by atoms with Gasteiger partial charge in [-0.05, 0) is 24.3 Å². The zero-order valence-electron chi connectivity index (χ0n) is 7.77. The molecule has 0 aromatic heterocycles. The van der Waals surface area contributed by atoms with Gasteiger partial charge in [0.2, 0.25) is 0 Å². The molecular formula is C10H9FO2S2. The van der Waals surface area contributed by atoms with Crippen molar-refractivity contribution in [2.75, 3.05) is 5.75 Å². The zero-order valence-corrected chi connectivity index (χ0v) is 9.48. The average Bonchev–Trinajstić information content (AvgIpc) is 2.18. The Morgan fingerprint density at radius 2 is 1.87 bits per heavy atom. The van der Waals surface area contributed by atoms with Gasteiger partial charge in [-0.25, -0.2) is 0 Å². The lowest BCUT2D eigenvalue weighted by Crippen LogP contribution is -1.91. The van der Waals surface area contributed by atoms with Crippen molar-refractivity contribution in [2.24, 2.45) is 0 Å². The van der Waals surface area contributed by atoms with E-state index in [0.717, 1.165) is 0 Å². The lowest BCUT2D eigenvalue weighted by molar-refractivity contribution is 0.552. The molecule has 80 valence electrons. The molecule has 0 saturated carbocycles. The fourth-order valence-corrected chi connectivity index (χ4v) is 1.49. The summed E-state index contributed by atoms with van der Waals surface area (Å²) in [5.41, 5.74) is 0.657. The molecule has 1 aromatic carbocycles. The van der Waals surface area contributed by atoms with Gasteiger partial charge < -0.3 is 0 Å². The smallest absolute Gasteiger partial charge is 0.189 e. The van der Waals surface area contributed by atoms with Gasteiger partial charge in [-0.15, -0.1) is 3.89 Å². The maximum absolute atomic E-state index is 12.5. The molecule has 0 aliphatic carbocycles. The third-order valence-corrected chi connectivity index (χ3v) is 2.66. The summed E-state index contributed by atoms with van der Waals surface area (Å²) in [6, 6.07) is 5.33. The second kappa shape index (κ2) is 5.19. The molecule has 0 heterocycles. The summed E-state index contributed by atoms with van der Waals surface area (Å²) in [6.07, 6.45) is 0.659. The monoisotopic (exact) mass is 244 g/mol. The highest BCUT2D eigenvalue weighted by atomic mass is 32.3. The molecule has 0 saturated heterocycles. The van der Waals surface area contributed by atoms with Crippen LogP contribution in [0.3, 0.4) is 0 Å². The van der Waals surface area contributed by atoms with Gasteiger partial charge in [-0.2, -0.15) is 21.0 Å². The van der Waals surface area contributed by atoms with Gasteiger partial charge in [0.15, 0.2) is 0 Å². The highest BCUT2D eigenvalue weighted by molar-refractivity contribution is 7.86. The van der Waals surface area contributed by atoms with Gasteiger partial charge in [0, 0.05) is 17.7 Å². The first-order valence-electron chi connectivity index (χ1n) is 4.18. The molecular weight excluding hydrogens is 235 g/mol. The maximum atomic E-state index is 12.5. The zero-order chi connectivity index (χ0) is 11.3. The van der Waals surface area contributed by atoms with Crippen LogP contribution in [-0.4, -0.2) is 14.2 Å². The molecule has 0 N–H and O–H groups in total. The quantitative estimate of drug-likeness (QED) is 0.490. The van der Waals surface area contributed by atoms with Crippen LogP contribution < -0.4 is 0 Å². The van der Waals surface area contributed by atoms with Crippen LogP contribution in [0.1, 0.15) is 12.0 Å². The number of benzene rings is 1. The molecule has 0 amide bonds. The van der Waals surface area contributed by atoms with E-state index in [1.165, 1.54) is 24.3 Å². The van der Waals surface area contributed by atoms with Crippen molar-refractivity contribution in [3.05, 3.63) is 29.8 Å².